The number of benzene rings is 1. The number of hydrogen-bond donors (Lipinski definition) is 1. The van der Waals surface area contributed by atoms with Crippen LogP contribution in [0.15, 0.2) is 29.4 Å². The lowest BCUT2D eigenvalue weighted by Gasteiger charge is -2.22. The van der Waals surface area contributed by atoms with Gasteiger partial charge in [-0.15, -0.1) is 0 Å². The van der Waals surface area contributed by atoms with E-state index >= 15 is 0 Å². The highest BCUT2D eigenvalue weighted by atomic mass is 16.6. The first-order chi connectivity index (χ1) is 12.7. The van der Waals surface area contributed by atoms with Crippen molar-refractivity contribution in [2.24, 2.45) is 5.16 Å². The van der Waals surface area contributed by atoms with Crippen LogP contribution in [0.2, 0.25) is 0 Å². The predicted molar refractivity (Wildman–Crippen MR) is 103 cm³/mol. The van der Waals surface area contributed by atoms with Gasteiger partial charge in [-0.2, -0.15) is 0 Å². The average molecular weight is 358 g/mol. The Bertz CT molecular complexity index is 640. The van der Waals surface area contributed by atoms with Crippen LogP contribution >= 0.6 is 0 Å². The number of rotatable bonds is 7. The Morgan fingerprint density at radius 1 is 1.31 bits per heavy atom. The number of nitrogens with one attached hydrogen (secondary N) is 1. The minimum atomic E-state index is -0.0745. The number of likely N-dealkylation sites (tertiary alicyclic amines) is 1. The molecule has 0 aliphatic carbocycles. The number of amides is 2. The van der Waals surface area contributed by atoms with Gasteiger partial charge in [-0.25, -0.2) is 4.79 Å². The van der Waals surface area contributed by atoms with E-state index < -0.39 is 0 Å². The van der Waals surface area contributed by atoms with Gasteiger partial charge in [0.2, 0.25) is 0 Å². The molecule has 1 atom stereocenters. The summed E-state index contributed by atoms with van der Waals surface area (Å²) in [7, 11) is 1.84. The molecule has 142 valence electrons. The maximum atomic E-state index is 12.4. The Hall–Kier alpha value is -2.08. The van der Waals surface area contributed by atoms with Crippen LogP contribution in [0.1, 0.15) is 43.7 Å². The van der Waals surface area contributed by atoms with E-state index in [9.17, 15) is 4.79 Å². The van der Waals surface area contributed by atoms with Crippen molar-refractivity contribution in [1.82, 2.24) is 15.1 Å². The molecule has 0 bridgehead atoms. The van der Waals surface area contributed by atoms with E-state index in [-0.39, 0.29) is 12.1 Å². The molecule has 2 aliphatic rings. The maximum Gasteiger partial charge on any atom is 0.317 e. The SMILES string of the molecule is CCC1=NOC(CNC(=O)N(C)Cc2ccccc2CN2CCCC2)C1. The minimum absolute atomic E-state index is 0.0373. The Balaban J connectivity index is 1.49. The van der Waals surface area contributed by atoms with Gasteiger partial charge in [0, 0.05) is 26.6 Å². The van der Waals surface area contributed by atoms with Crippen molar-refractivity contribution in [3.8, 4) is 0 Å². The summed E-state index contributed by atoms with van der Waals surface area (Å²) in [5.74, 6) is 0. The highest BCUT2D eigenvalue weighted by Crippen LogP contribution is 2.17. The highest BCUT2D eigenvalue weighted by molar-refractivity contribution is 5.85. The number of carbonyl (C=O) groups is 1. The summed E-state index contributed by atoms with van der Waals surface area (Å²) in [6.07, 6.45) is 4.25. The largest absolute Gasteiger partial charge is 0.390 e. The predicted octanol–water partition coefficient (Wildman–Crippen LogP) is 2.98. The second-order valence-electron chi connectivity index (χ2n) is 7.24. The van der Waals surface area contributed by atoms with Gasteiger partial charge in [-0.05, 0) is 43.5 Å². The normalized spacial score (nSPS) is 19.9. The van der Waals surface area contributed by atoms with Crippen molar-refractivity contribution in [1.29, 1.82) is 0 Å². The van der Waals surface area contributed by atoms with Gasteiger partial charge in [0.15, 0.2) is 0 Å². The number of urea groups is 1. The second-order valence-corrected chi connectivity index (χ2v) is 7.24. The fraction of sp³-hybridized carbons (Fsp3) is 0.600. The molecule has 1 N–H and O–H groups in total. The molecule has 1 aromatic rings. The lowest BCUT2D eigenvalue weighted by Crippen LogP contribution is -2.40. The van der Waals surface area contributed by atoms with Crippen LogP contribution in [-0.2, 0) is 17.9 Å². The molecule has 0 saturated carbocycles. The fourth-order valence-corrected chi connectivity index (χ4v) is 3.52. The fourth-order valence-electron chi connectivity index (χ4n) is 3.52. The van der Waals surface area contributed by atoms with E-state index in [4.69, 9.17) is 4.84 Å². The number of nitrogens with zero attached hydrogens (tertiary/aromatic N) is 3. The zero-order chi connectivity index (χ0) is 18.4. The molecule has 1 aromatic carbocycles. The van der Waals surface area contributed by atoms with Gasteiger partial charge in [-0.1, -0.05) is 36.3 Å². The summed E-state index contributed by atoms with van der Waals surface area (Å²) < 4.78 is 0. The van der Waals surface area contributed by atoms with Crippen molar-refractivity contribution in [2.75, 3.05) is 26.7 Å². The molecular formula is C20H30N4O2. The van der Waals surface area contributed by atoms with E-state index in [0.717, 1.165) is 25.1 Å². The summed E-state index contributed by atoms with van der Waals surface area (Å²) >= 11 is 0. The molecule has 6 heteroatoms. The van der Waals surface area contributed by atoms with Crippen molar-refractivity contribution in [2.45, 2.75) is 51.8 Å². The lowest BCUT2D eigenvalue weighted by molar-refractivity contribution is 0.0851. The molecule has 1 unspecified atom stereocenters. The first-order valence-electron chi connectivity index (χ1n) is 9.65. The maximum absolute atomic E-state index is 12.4. The summed E-state index contributed by atoms with van der Waals surface area (Å²) in [6, 6.07) is 8.35. The van der Waals surface area contributed by atoms with E-state index in [1.54, 1.807) is 4.90 Å². The molecule has 2 heterocycles. The van der Waals surface area contributed by atoms with Crippen molar-refractivity contribution in [3.05, 3.63) is 35.4 Å². The Morgan fingerprint density at radius 3 is 2.73 bits per heavy atom. The zero-order valence-corrected chi connectivity index (χ0v) is 15.9. The third-order valence-corrected chi connectivity index (χ3v) is 5.15. The Morgan fingerprint density at radius 2 is 2.04 bits per heavy atom. The summed E-state index contributed by atoms with van der Waals surface area (Å²) in [6.45, 7) is 6.49. The van der Waals surface area contributed by atoms with Gasteiger partial charge in [0.25, 0.3) is 0 Å². The van der Waals surface area contributed by atoms with Gasteiger partial charge in [-0.3, -0.25) is 4.90 Å². The first-order valence-corrected chi connectivity index (χ1v) is 9.65. The Kier molecular flexibility index (Phi) is 6.50. The van der Waals surface area contributed by atoms with Gasteiger partial charge in [0.1, 0.15) is 6.10 Å². The summed E-state index contributed by atoms with van der Waals surface area (Å²) in [5.41, 5.74) is 3.59. The van der Waals surface area contributed by atoms with Crippen LogP contribution in [0.4, 0.5) is 4.79 Å². The monoisotopic (exact) mass is 358 g/mol. The van der Waals surface area contributed by atoms with Crippen molar-refractivity contribution < 1.29 is 9.63 Å². The molecule has 2 aliphatic heterocycles. The minimum Gasteiger partial charge on any atom is -0.390 e. The van der Waals surface area contributed by atoms with E-state index in [2.05, 4.69) is 40.5 Å². The quantitative estimate of drug-likeness (QED) is 0.815. The van der Waals surface area contributed by atoms with Gasteiger partial charge >= 0.3 is 6.03 Å². The van der Waals surface area contributed by atoms with Crippen LogP contribution in [0.3, 0.4) is 0 Å². The molecular weight excluding hydrogens is 328 g/mol. The smallest absolute Gasteiger partial charge is 0.317 e. The second kappa shape index (κ2) is 9.03. The molecule has 26 heavy (non-hydrogen) atoms. The molecule has 6 nitrogen and oxygen atoms in total. The summed E-state index contributed by atoms with van der Waals surface area (Å²) in [4.78, 5) is 22.0. The van der Waals surface area contributed by atoms with Gasteiger partial charge in [0.05, 0.1) is 12.3 Å². The van der Waals surface area contributed by atoms with Crippen LogP contribution in [0.25, 0.3) is 0 Å². The first kappa shape index (κ1) is 18.7. The van der Waals surface area contributed by atoms with Crippen LogP contribution in [0, 0.1) is 0 Å². The van der Waals surface area contributed by atoms with E-state index in [1.807, 2.05) is 13.1 Å². The third-order valence-electron chi connectivity index (χ3n) is 5.15. The lowest BCUT2D eigenvalue weighted by atomic mass is 10.1. The van der Waals surface area contributed by atoms with E-state index in [1.165, 1.54) is 37.1 Å². The zero-order valence-electron chi connectivity index (χ0n) is 15.9. The molecule has 2 amide bonds. The Labute approximate surface area is 156 Å². The molecule has 0 aromatic heterocycles. The molecule has 1 fully saturated rings. The number of hydrogen-bond acceptors (Lipinski definition) is 4. The van der Waals surface area contributed by atoms with Gasteiger partial charge < -0.3 is 15.1 Å². The molecule has 3 rings (SSSR count). The van der Waals surface area contributed by atoms with E-state index in [0.29, 0.717) is 13.1 Å². The van der Waals surface area contributed by atoms with Crippen LogP contribution in [-0.4, -0.2) is 54.3 Å². The molecule has 0 radical (unpaired) electrons. The summed E-state index contributed by atoms with van der Waals surface area (Å²) in [5, 5.41) is 6.99. The van der Waals surface area contributed by atoms with Crippen molar-refractivity contribution in [3.63, 3.8) is 0 Å². The molecule has 0 spiro atoms. The number of carbonyl (C=O) groups excluding carboxylic acids is 1. The van der Waals surface area contributed by atoms with Crippen molar-refractivity contribution >= 4 is 11.7 Å². The molecule has 1 saturated heterocycles. The van der Waals surface area contributed by atoms with Crippen LogP contribution < -0.4 is 5.32 Å². The van der Waals surface area contributed by atoms with Crippen LogP contribution in [0.5, 0.6) is 0 Å². The third kappa shape index (κ3) is 4.97. The standard InChI is InChI=1S/C20H30N4O2/c1-3-18-12-19(26-22-18)13-21-20(25)23(2)14-16-8-4-5-9-17(16)15-24-10-6-7-11-24/h4-5,8-9,19H,3,6-7,10-15H2,1-2H3,(H,21,25). The number of oxime groups is 1. The average Bonchev–Trinajstić information content (AvgIpc) is 3.32. The topological polar surface area (TPSA) is 57.2 Å². The highest BCUT2D eigenvalue weighted by Gasteiger charge is 2.21.